The third kappa shape index (κ3) is 1.54. The molecule has 17 heavy (non-hydrogen) atoms. The van der Waals surface area contributed by atoms with Crippen LogP contribution >= 0.6 is 0 Å². The standard InChI is InChI=1S/C12H14N2O3/c1-4-8-6(2)5-9(15)14-11(8)10(12(16)17)7(3)13-14/h5,13H,4H2,1-3H3,(H,16,17). The molecular formula is C12H14N2O3. The molecule has 0 saturated heterocycles. The number of aromatic nitrogens is 2. The predicted octanol–water partition coefficient (Wildman–Crippen LogP) is 1.51. The highest BCUT2D eigenvalue weighted by molar-refractivity contribution is 5.98. The second-order valence-corrected chi connectivity index (χ2v) is 4.10. The van der Waals surface area contributed by atoms with Crippen molar-refractivity contribution in [3.63, 3.8) is 0 Å². The SMILES string of the molecule is CCc1c(C)cc(=O)n2[nH]c(C)c(C(=O)O)c12. The fraction of sp³-hybridized carbons (Fsp3) is 0.333. The highest BCUT2D eigenvalue weighted by Gasteiger charge is 2.19. The number of hydrogen-bond donors (Lipinski definition) is 2. The van der Waals surface area contributed by atoms with Crippen LogP contribution in [0.3, 0.4) is 0 Å². The number of carboxylic acid groups (broad SMARTS) is 1. The van der Waals surface area contributed by atoms with E-state index >= 15 is 0 Å². The van der Waals surface area contributed by atoms with E-state index < -0.39 is 5.97 Å². The van der Waals surface area contributed by atoms with Gasteiger partial charge in [0.25, 0.3) is 5.56 Å². The number of aromatic amines is 1. The first-order chi connectivity index (χ1) is 7.97. The van der Waals surface area contributed by atoms with E-state index in [0.717, 1.165) is 11.1 Å². The lowest BCUT2D eigenvalue weighted by atomic mass is 10.0. The van der Waals surface area contributed by atoms with Crippen LogP contribution in [0.4, 0.5) is 0 Å². The molecule has 0 spiro atoms. The molecule has 2 aromatic rings. The van der Waals surface area contributed by atoms with E-state index in [4.69, 9.17) is 0 Å². The van der Waals surface area contributed by atoms with Crippen LogP contribution in [0.15, 0.2) is 10.9 Å². The van der Waals surface area contributed by atoms with Crippen molar-refractivity contribution in [3.8, 4) is 0 Å². The number of fused-ring (bicyclic) bond motifs is 1. The molecule has 2 rings (SSSR count). The largest absolute Gasteiger partial charge is 0.478 e. The van der Waals surface area contributed by atoms with E-state index in [1.54, 1.807) is 6.92 Å². The first-order valence-electron chi connectivity index (χ1n) is 5.44. The normalized spacial score (nSPS) is 11.0. The summed E-state index contributed by atoms with van der Waals surface area (Å²) in [4.78, 5) is 23.0. The maximum Gasteiger partial charge on any atom is 0.339 e. The molecule has 0 aliphatic rings. The minimum absolute atomic E-state index is 0.183. The molecule has 0 unspecified atom stereocenters. The van der Waals surface area contributed by atoms with Crippen molar-refractivity contribution in [2.24, 2.45) is 0 Å². The Morgan fingerprint density at radius 1 is 1.47 bits per heavy atom. The van der Waals surface area contributed by atoms with Crippen molar-refractivity contribution in [2.75, 3.05) is 0 Å². The summed E-state index contributed by atoms with van der Waals surface area (Å²) in [5.74, 6) is -1.01. The summed E-state index contributed by atoms with van der Waals surface area (Å²) in [6.07, 6.45) is 0.688. The third-order valence-corrected chi connectivity index (χ3v) is 3.00. The number of aromatic carboxylic acids is 1. The first kappa shape index (κ1) is 11.4. The van der Waals surface area contributed by atoms with Crippen LogP contribution in [-0.4, -0.2) is 20.7 Å². The average Bonchev–Trinajstić information content (AvgIpc) is 2.56. The summed E-state index contributed by atoms with van der Waals surface area (Å²) in [6, 6.07) is 1.52. The minimum atomic E-state index is -1.01. The van der Waals surface area contributed by atoms with E-state index in [9.17, 15) is 14.7 Å². The predicted molar refractivity (Wildman–Crippen MR) is 63.8 cm³/mol. The van der Waals surface area contributed by atoms with Crippen molar-refractivity contribution in [1.29, 1.82) is 0 Å². The van der Waals surface area contributed by atoms with Gasteiger partial charge in [-0.3, -0.25) is 9.89 Å². The van der Waals surface area contributed by atoms with Gasteiger partial charge < -0.3 is 5.11 Å². The lowest BCUT2D eigenvalue weighted by Gasteiger charge is -2.05. The van der Waals surface area contributed by atoms with Crippen LogP contribution in [0.1, 0.15) is 34.1 Å². The van der Waals surface area contributed by atoms with Gasteiger partial charge in [-0.2, -0.15) is 0 Å². The summed E-state index contributed by atoms with van der Waals surface area (Å²) < 4.78 is 1.31. The summed E-state index contributed by atoms with van der Waals surface area (Å²) in [7, 11) is 0. The Morgan fingerprint density at radius 2 is 2.12 bits per heavy atom. The smallest absolute Gasteiger partial charge is 0.339 e. The fourth-order valence-electron chi connectivity index (χ4n) is 2.25. The molecule has 0 atom stereocenters. The molecule has 0 amide bonds. The molecule has 5 nitrogen and oxygen atoms in total. The Bertz CT molecular complexity index is 664. The molecule has 0 saturated carbocycles. The van der Waals surface area contributed by atoms with Gasteiger partial charge in [-0.25, -0.2) is 9.31 Å². The number of pyridine rings is 1. The number of nitrogens with one attached hydrogen (secondary N) is 1. The van der Waals surface area contributed by atoms with Gasteiger partial charge in [-0.1, -0.05) is 6.92 Å². The maximum atomic E-state index is 11.8. The zero-order chi connectivity index (χ0) is 12.7. The number of hydrogen-bond acceptors (Lipinski definition) is 2. The van der Waals surface area contributed by atoms with Gasteiger partial charge in [-0.05, 0) is 31.4 Å². The highest BCUT2D eigenvalue weighted by Crippen LogP contribution is 2.21. The fourth-order valence-corrected chi connectivity index (χ4v) is 2.25. The summed E-state index contributed by atoms with van der Waals surface area (Å²) in [5.41, 5.74) is 2.66. The topological polar surface area (TPSA) is 74.6 Å². The maximum absolute atomic E-state index is 11.8. The number of carbonyl (C=O) groups is 1. The molecule has 0 aliphatic heterocycles. The number of nitrogens with zero attached hydrogens (tertiary/aromatic N) is 1. The van der Waals surface area contributed by atoms with E-state index in [2.05, 4.69) is 5.10 Å². The van der Waals surface area contributed by atoms with Crippen LogP contribution < -0.4 is 5.56 Å². The first-order valence-corrected chi connectivity index (χ1v) is 5.44. The van der Waals surface area contributed by atoms with E-state index in [1.807, 2.05) is 13.8 Å². The molecule has 0 aliphatic carbocycles. The second kappa shape index (κ2) is 3.76. The van der Waals surface area contributed by atoms with E-state index in [-0.39, 0.29) is 11.1 Å². The summed E-state index contributed by atoms with van der Waals surface area (Å²) >= 11 is 0. The molecule has 0 bridgehead atoms. The van der Waals surface area contributed by atoms with Gasteiger partial charge in [0, 0.05) is 11.8 Å². The Labute approximate surface area is 97.7 Å². The number of carboxylic acids is 1. The molecule has 0 fully saturated rings. The Morgan fingerprint density at radius 3 is 2.65 bits per heavy atom. The zero-order valence-electron chi connectivity index (χ0n) is 10.00. The van der Waals surface area contributed by atoms with Crippen molar-refractivity contribution >= 4 is 11.5 Å². The monoisotopic (exact) mass is 234 g/mol. The van der Waals surface area contributed by atoms with Crippen LogP contribution in [0.5, 0.6) is 0 Å². The Kier molecular flexibility index (Phi) is 2.53. The second-order valence-electron chi connectivity index (χ2n) is 4.10. The molecule has 0 aromatic carbocycles. The molecule has 5 heteroatoms. The number of rotatable bonds is 2. The minimum Gasteiger partial charge on any atom is -0.478 e. The van der Waals surface area contributed by atoms with Crippen LogP contribution in [0, 0.1) is 13.8 Å². The van der Waals surface area contributed by atoms with Gasteiger partial charge in [0.2, 0.25) is 0 Å². The molecule has 90 valence electrons. The van der Waals surface area contributed by atoms with Gasteiger partial charge in [-0.15, -0.1) is 0 Å². The molecular weight excluding hydrogens is 220 g/mol. The van der Waals surface area contributed by atoms with Crippen LogP contribution in [0.2, 0.25) is 0 Å². The van der Waals surface area contributed by atoms with Crippen molar-refractivity contribution < 1.29 is 9.90 Å². The zero-order valence-corrected chi connectivity index (χ0v) is 10.00. The summed E-state index contributed by atoms with van der Waals surface area (Å²) in [5, 5.41) is 12.0. The van der Waals surface area contributed by atoms with E-state index in [1.165, 1.54) is 10.6 Å². The molecule has 0 radical (unpaired) electrons. The Hall–Kier alpha value is -2.04. The highest BCUT2D eigenvalue weighted by atomic mass is 16.4. The lowest BCUT2D eigenvalue weighted by Crippen LogP contribution is -2.15. The Balaban J connectivity index is 3.07. The number of H-pyrrole nitrogens is 1. The van der Waals surface area contributed by atoms with Gasteiger partial charge in [0.1, 0.15) is 5.56 Å². The van der Waals surface area contributed by atoms with Gasteiger partial charge >= 0.3 is 5.97 Å². The van der Waals surface area contributed by atoms with Gasteiger partial charge in [0.15, 0.2) is 0 Å². The molecule has 2 aromatic heterocycles. The average molecular weight is 234 g/mol. The third-order valence-electron chi connectivity index (χ3n) is 3.00. The van der Waals surface area contributed by atoms with Gasteiger partial charge in [0.05, 0.1) is 5.52 Å². The molecule has 2 N–H and O–H groups in total. The molecule has 2 heterocycles. The quantitative estimate of drug-likeness (QED) is 0.827. The number of aryl methyl sites for hydroxylation is 3. The van der Waals surface area contributed by atoms with E-state index in [0.29, 0.717) is 17.6 Å². The van der Waals surface area contributed by atoms with Crippen molar-refractivity contribution in [2.45, 2.75) is 27.2 Å². The van der Waals surface area contributed by atoms with Crippen LogP contribution in [0.25, 0.3) is 5.52 Å². The summed E-state index contributed by atoms with van der Waals surface area (Å²) in [6.45, 7) is 5.43. The van der Waals surface area contributed by atoms with Crippen molar-refractivity contribution in [1.82, 2.24) is 9.61 Å². The van der Waals surface area contributed by atoms with Crippen LogP contribution in [-0.2, 0) is 6.42 Å². The lowest BCUT2D eigenvalue weighted by molar-refractivity contribution is 0.0698. The van der Waals surface area contributed by atoms with Crippen molar-refractivity contribution in [3.05, 3.63) is 38.8 Å².